The van der Waals surface area contributed by atoms with E-state index >= 15 is 0 Å². The fourth-order valence-corrected chi connectivity index (χ4v) is 10.4. The molecule has 1 spiro atoms. The van der Waals surface area contributed by atoms with E-state index in [1.165, 1.54) is 0 Å². The summed E-state index contributed by atoms with van der Waals surface area (Å²) in [7, 11) is 0. The van der Waals surface area contributed by atoms with Gasteiger partial charge in [-0.1, -0.05) is 163 Å². The van der Waals surface area contributed by atoms with E-state index < -0.39 is 64.7 Å². The minimum atomic E-state index is -1.77. The van der Waals surface area contributed by atoms with Crippen molar-refractivity contribution in [1.29, 1.82) is 0 Å². The molecule has 8 aromatic rings. The third-order valence-electron chi connectivity index (χ3n) is 13.7. The Bertz CT molecular complexity index is 3800. The van der Waals surface area contributed by atoms with Crippen LogP contribution in [0.3, 0.4) is 0 Å². The van der Waals surface area contributed by atoms with E-state index in [0.717, 1.165) is 78.2 Å². The zero-order valence-electron chi connectivity index (χ0n) is 49.8. The van der Waals surface area contributed by atoms with Crippen molar-refractivity contribution in [3.05, 3.63) is 167 Å². The maximum Gasteiger partial charge on any atom is 0.499 e. The molecule has 4 nitrogen and oxygen atoms in total. The lowest BCUT2D eigenvalue weighted by atomic mass is 9.78. The summed E-state index contributed by atoms with van der Waals surface area (Å²) in [5.41, 5.74) is 11.1. The normalized spacial score (nSPS) is 18.4. The van der Waals surface area contributed by atoms with Gasteiger partial charge in [0.2, 0.25) is 5.69 Å². The van der Waals surface area contributed by atoms with Gasteiger partial charge in [-0.15, -0.1) is 9.13 Å². The van der Waals surface area contributed by atoms with Crippen molar-refractivity contribution >= 4 is 11.0 Å². The molecular weight excluding hydrogens is 791 g/mol. The number of rotatable bonds is 5. The van der Waals surface area contributed by atoms with E-state index in [0.29, 0.717) is 16.9 Å². The van der Waals surface area contributed by atoms with Crippen molar-refractivity contribution in [2.75, 3.05) is 0 Å². The van der Waals surface area contributed by atoms with Crippen LogP contribution in [0.4, 0.5) is 0 Å². The third kappa shape index (κ3) is 5.94. The zero-order chi connectivity index (χ0) is 54.5. The fourth-order valence-electron chi connectivity index (χ4n) is 10.4. The van der Waals surface area contributed by atoms with Crippen LogP contribution in [0.2, 0.25) is 0 Å². The van der Waals surface area contributed by atoms with Crippen molar-refractivity contribution in [2.45, 2.75) is 124 Å². The van der Waals surface area contributed by atoms with Gasteiger partial charge in [-0.2, -0.15) is 4.57 Å². The van der Waals surface area contributed by atoms with Crippen molar-refractivity contribution in [1.82, 2.24) is 4.57 Å². The maximum atomic E-state index is 10.3. The van der Waals surface area contributed by atoms with Crippen LogP contribution in [0, 0.1) is 0 Å². The number of hydrogen-bond donors (Lipinski definition) is 0. The Morgan fingerprint density at radius 2 is 1.25 bits per heavy atom. The summed E-state index contributed by atoms with van der Waals surface area (Å²) < 4.78 is 107. The largest absolute Gasteiger partial charge is 0.499 e. The molecule has 0 amide bonds. The Hall–Kier alpha value is -6.26. The molecule has 0 fully saturated rings. The lowest BCUT2D eigenvalue weighted by Gasteiger charge is -2.36. The number of fused-ring (bicyclic) bond motifs is 5. The molecule has 0 radical (unpaired) electrons. The lowest BCUT2D eigenvalue weighted by molar-refractivity contribution is -0.997. The zero-order valence-corrected chi connectivity index (χ0v) is 39.8. The standard InChI is InChI=1S/C61H63N3O/c1-36(2)44-21-17-22-45(37(3)4)53(44)39-25-27-43(28-26-39)63-51-24-18-23-46-47-32-41(58(5,6)7)33-48-52-31-40(38-19-15-14-16-20-38)29-30-62(52)61(54(47)48)64(55(46)51)57(63)49-34-42(59(8,9)10)35-50(56(49)65-61)60(11,12)13/h14-37H,1-13H3/q+2/i14D,15D,16D,19D,20D,29D,30D,31D,36D,37D. The van der Waals surface area contributed by atoms with Crippen LogP contribution in [-0.4, -0.2) is 4.57 Å². The predicted molar refractivity (Wildman–Crippen MR) is 268 cm³/mol. The van der Waals surface area contributed by atoms with Gasteiger partial charge in [0, 0.05) is 31.5 Å². The van der Waals surface area contributed by atoms with Crippen molar-refractivity contribution in [2.24, 2.45) is 0 Å². The van der Waals surface area contributed by atoms with E-state index in [1.54, 1.807) is 4.57 Å². The van der Waals surface area contributed by atoms with Gasteiger partial charge in [-0.3, -0.25) is 0 Å². The first-order valence-corrected chi connectivity index (χ1v) is 22.8. The highest BCUT2D eigenvalue weighted by atomic mass is 16.5. The van der Waals surface area contributed by atoms with E-state index in [-0.39, 0.29) is 34.5 Å². The number of imidazole rings is 1. The van der Waals surface area contributed by atoms with Crippen LogP contribution < -0.4 is 13.9 Å². The number of nitrogens with zero attached hydrogens (tertiary/aromatic N) is 3. The molecule has 6 aromatic carbocycles. The first kappa shape index (κ1) is 31.6. The Balaban J connectivity index is 1.34. The molecule has 3 aliphatic heterocycles. The van der Waals surface area contributed by atoms with Gasteiger partial charge < -0.3 is 4.74 Å². The number of aromatic nitrogens is 3. The van der Waals surface area contributed by atoms with Crippen LogP contribution >= 0.6 is 0 Å². The Morgan fingerprint density at radius 1 is 0.631 bits per heavy atom. The van der Waals surface area contributed by atoms with Crippen molar-refractivity contribution < 1.29 is 27.6 Å². The molecule has 1 atom stereocenters. The van der Waals surface area contributed by atoms with E-state index in [9.17, 15) is 6.85 Å². The highest BCUT2D eigenvalue weighted by Gasteiger charge is 2.69. The molecule has 4 heteroatoms. The second-order valence-corrected chi connectivity index (χ2v) is 21.7. The number of benzene rings is 6. The number of para-hydroxylation sites is 1. The molecule has 11 rings (SSSR count). The van der Waals surface area contributed by atoms with E-state index in [4.69, 9.17) is 11.6 Å². The van der Waals surface area contributed by atoms with Gasteiger partial charge >= 0.3 is 11.7 Å². The summed E-state index contributed by atoms with van der Waals surface area (Å²) >= 11 is 0. The lowest BCUT2D eigenvalue weighted by Crippen LogP contribution is -2.78. The van der Waals surface area contributed by atoms with Crippen LogP contribution in [0.15, 0.2) is 133 Å². The van der Waals surface area contributed by atoms with E-state index in [2.05, 4.69) is 132 Å². The second-order valence-electron chi connectivity index (χ2n) is 21.7. The average Bonchev–Trinajstić information content (AvgIpc) is 4.06. The van der Waals surface area contributed by atoms with Crippen molar-refractivity contribution in [3.8, 4) is 67.5 Å². The molecule has 0 saturated heterocycles. The minimum absolute atomic E-state index is 0.229. The van der Waals surface area contributed by atoms with Gasteiger partial charge in [-0.05, 0) is 115 Å². The monoisotopic (exact) mass is 864 g/mol. The molecule has 65 heavy (non-hydrogen) atoms. The second kappa shape index (κ2) is 13.9. The number of ether oxygens (including phenoxy) is 1. The summed E-state index contributed by atoms with van der Waals surface area (Å²) in [6, 6.07) is 25.5. The molecule has 1 unspecified atom stereocenters. The summed E-state index contributed by atoms with van der Waals surface area (Å²) in [5.74, 6) is -2.36. The van der Waals surface area contributed by atoms with Gasteiger partial charge in [0.15, 0.2) is 23.0 Å². The average molecular weight is 864 g/mol. The molecule has 326 valence electrons. The smallest absolute Gasteiger partial charge is 0.392 e. The quantitative estimate of drug-likeness (QED) is 0.158. The Kier molecular flexibility index (Phi) is 6.74. The molecule has 0 N–H and O–H groups in total. The maximum absolute atomic E-state index is 10.3. The van der Waals surface area contributed by atoms with Gasteiger partial charge in [0.1, 0.15) is 18.2 Å². The van der Waals surface area contributed by atoms with Crippen LogP contribution in [0.1, 0.15) is 149 Å². The SMILES string of the molecule is [2H]c1c([2H])c([2H])c(-c2c([2H])c([2H])[n+]3c(c2[2H])-c2cc(C(C)(C)C)cc4c2C32Oc3c(cc(C(C)(C)C)cc3C(C)(C)C)-c3n(-c5ccc(-c6c(C([2H])(C)C)cccc6C([2H])(C)C)cc5)c5cccc-4c5[n+]32)c([2H])c1[2H]. The number of pyridine rings is 1. The molecular formula is C61H63N3O+2. The van der Waals surface area contributed by atoms with Gasteiger partial charge in [0.25, 0.3) is 0 Å². The highest BCUT2D eigenvalue weighted by molar-refractivity contribution is 5.98. The molecule has 2 aromatic heterocycles. The summed E-state index contributed by atoms with van der Waals surface area (Å²) in [6.45, 7) is 26.9. The van der Waals surface area contributed by atoms with E-state index in [1.807, 2.05) is 52.0 Å². The van der Waals surface area contributed by atoms with Crippen LogP contribution in [0.25, 0.3) is 72.7 Å². The molecule has 5 heterocycles. The Morgan fingerprint density at radius 3 is 1.88 bits per heavy atom. The van der Waals surface area contributed by atoms with Crippen LogP contribution in [-0.2, 0) is 22.1 Å². The Labute approximate surface area is 400 Å². The van der Waals surface area contributed by atoms with Gasteiger partial charge in [0.05, 0.1) is 15.2 Å². The van der Waals surface area contributed by atoms with Gasteiger partial charge in [-0.25, -0.2) is 0 Å². The highest BCUT2D eigenvalue weighted by Crippen LogP contribution is 2.56. The summed E-state index contributed by atoms with van der Waals surface area (Å²) in [6.07, 6.45) is -0.360. The number of hydrogen-bond acceptors (Lipinski definition) is 1. The molecule has 3 aliphatic rings. The molecule has 0 bridgehead atoms. The topological polar surface area (TPSA) is 21.9 Å². The summed E-state index contributed by atoms with van der Waals surface area (Å²) in [5, 5.41) is 0. The minimum Gasteiger partial charge on any atom is -0.392 e. The first-order valence-electron chi connectivity index (χ1n) is 27.8. The fraction of sp³-hybridized carbons (Fsp3) is 0.311. The van der Waals surface area contributed by atoms with Crippen LogP contribution in [0.5, 0.6) is 5.75 Å². The molecule has 0 saturated carbocycles. The first-order chi connectivity index (χ1) is 34.7. The van der Waals surface area contributed by atoms with Crippen molar-refractivity contribution in [3.63, 3.8) is 0 Å². The molecule has 0 aliphatic carbocycles. The third-order valence-corrected chi connectivity index (χ3v) is 13.7. The predicted octanol–water partition coefficient (Wildman–Crippen LogP) is 14.9. The summed E-state index contributed by atoms with van der Waals surface area (Å²) in [4.78, 5) is 0.